The van der Waals surface area contributed by atoms with E-state index in [-0.39, 0.29) is 10.6 Å². The molecule has 0 spiro atoms. The lowest BCUT2D eigenvalue weighted by Crippen LogP contribution is -2.16. The second kappa shape index (κ2) is 6.10. The lowest BCUT2D eigenvalue weighted by atomic mass is 10.2. The van der Waals surface area contributed by atoms with Gasteiger partial charge in [-0.15, -0.1) is 0 Å². The second-order valence-electron chi connectivity index (χ2n) is 4.16. The van der Waals surface area contributed by atoms with Crippen molar-refractivity contribution in [2.75, 3.05) is 0 Å². The zero-order valence-electron chi connectivity index (χ0n) is 10.7. The Balaban J connectivity index is 1.92. The number of aromatic nitrogens is 2. The zero-order valence-corrected chi connectivity index (χ0v) is 10.7. The Morgan fingerprint density at radius 3 is 3.00 bits per heavy atom. The van der Waals surface area contributed by atoms with E-state index in [0.29, 0.717) is 13.1 Å². The average molecular weight is 260 g/mol. The fourth-order valence-electron chi connectivity index (χ4n) is 1.89. The maximum atomic E-state index is 10.7. The average Bonchev–Trinajstić information content (AvgIpc) is 2.86. The third-order valence-electron chi connectivity index (χ3n) is 2.88. The summed E-state index contributed by atoms with van der Waals surface area (Å²) in [6, 6.07) is 6.64. The molecule has 1 N–H and O–H groups in total. The lowest BCUT2D eigenvalue weighted by molar-refractivity contribution is -0.384. The molecule has 1 aromatic heterocycles. The molecule has 0 saturated carbocycles. The summed E-state index contributed by atoms with van der Waals surface area (Å²) in [5, 5.41) is 13.9. The van der Waals surface area contributed by atoms with E-state index >= 15 is 0 Å². The van der Waals surface area contributed by atoms with E-state index in [9.17, 15) is 10.1 Å². The van der Waals surface area contributed by atoms with Crippen LogP contribution in [-0.4, -0.2) is 14.5 Å². The van der Waals surface area contributed by atoms with Crippen molar-refractivity contribution in [3.05, 3.63) is 58.2 Å². The summed E-state index contributed by atoms with van der Waals surface area (Å²) in [6.07, 6.45) is 3.71. The summed E-state index contributed by atoms with van der Waals surface area (Å²) >= 11 is 0. The molecule has 1 heterocycles. The van der Waals surface area contributed by atoms with Crippen LogP contribution in [0.1, 0.15) is 18.3 Å². The van der Waals surface area contributed by atoms with Crippen LogP contribution < -0.4 is 5.32 Å². The number of nitro groups is 1. The van der Waals surface area contributed by atoms with Gasteiger partial charge in [0, 0.05) is 37.6 Å². The van der Waals surface area contributed by atoms with Crippen LogP contribution in [-0.2, 0) is 19.6 Å². The van der Waals surface area contributed by atoms with Gasteiger partial charge >= 0.3 is 0 Å². The van der Waals surface area contributed by atoms with Crippen LogP contribution in [0.4, 0.5) is 5.69 Å². The van der Waals surface area contributed by atoms with Crippen molar-refractivity contribution in [1.29, 1.82) is 0 Å². The number of aryl methyl sites for hydroxylation is 1. The molecule has 0 aliphatic rings. The van der Waals surface area contributed by atoms with Crippen molar-refractivity contribution in [1.82, 2.24) is 14.9 Å². The molecule has 0 amide bonds. The Morgan fingerprint density at radius 2 is 2.26 bits per heavy atom. The van der Waals surface area contributed by atoms with Gasteiger partial charge in [0.15, 0.2) is 0 Å². The predicted octanol–water partition coefficient (Wildman–Crippen LogP) is 2.10. The van der Waals surface area contributed by atoms with Crippen molar-refractivity contribution in [3.8, 4) is 0 Å². The number of imidazole rings is 1. The summed E-state index contributed by atoms with van der Waals surface area (Å²) < 4.78 is 2.06. The number of nitrogens with zero attached hydrogens (tertiary/aromatic N) is 3. The van der Waals surface area contributed by atoms with Gasteiger partial charge in [0.1, 0.15) is 5.82 Å². The maximum absolute atomic E-state index is 10.7. The van der Waals surface area contributed by atoms with Crippen molar-refractivity contribution >= 4 is 5.69 Å². The van der Waals surface area contributed by atoms with E-state index in [2.05, 4.69) is 21.8 Å². The van der Waals surface area contributed by atoms with Gasteiger partial charge in [0.05, 0.1) is 11.5 Å². The molecule has 0 atom stereocenters. The number of benzene rings is 1. The van der Waals surface area contributed by atoms with Crippen LogP contribution >= 0.6 is 0 Å². The van der Waals surface area contributed by atoms with Gasteiger partial charge in [0.25, 0.3) is 5.69 Å². The molecule has 19 heavy (non-hydrogen) atoms. The molecule has 2 aromatic rings. The highest BCUT2D eigenvalue weighted by Gasteiger charge is 2.05. The quantitative estimate of drug-likeness (QED) is 0.637. The second-order valence-corrected chi connectivity index (χ2v) is 4.16. The fourth-order valence-corrected chi connectivity index (χ4v) is 1.89. The highest BCUT2D eigenvalue weighted by molar-refractivity contribution is 5.34. The largest absolute Gasteiger partial charge is 0.334 e. The first kappa shape index (κ1) is 13.2. The Labute approximate surface area is 111 Å². The minimum atomic E-state index is -0.382. The molecular formula is C13H16N4O2. The van der Waals surface area contributed by atoms with Crippen LogP contribution in [0.5, 0.6) is 0 Å². The molecule has 0 fully saturated rings. The number of non-ortho nitro benzene ring substituents is 1. The Kier molecular flexibility index (Phi) is 4.25. The van der Waals surface area contributed by atoms with Gasteiger partial charge in [-0.1, -0.05) is 12.1 Å². The smallest absolute Gasteiger partial charge is 0.269 e. The first-order chi connectivity index (χ1) is 9.20. The van der Waals surface area contributed by atoms with E-state index < -0.39 is 0 Å². The van der Waals surface area contributed by atoms with Crippen molar-refractivity contribution < 1.29 is 4.92 Å². The lowest BCUT2D eigenvalue weighted by Gasteiger charge is -2.06. The van der Waals surface area contributed by atoms with Crippen molar-refractivity contribution in [2.45, 2.75) is 26.6 Å². The van der Waals surface area contributed by atoms with E-state index in [1.807, 2.05) is 12.3 Å². The number of hydrogen-bond acceptors (Lipinski definition) is 4. The van der Waals surface area contributed by atoms with Gasteiger partial charge in [-0.3, -0.25) is 10.1 Å². The number of rotatable bonds is 6. The number of nitrogens with one attached hydrogen (secondary N) is 1. The molecule has 0 saturated heterocycles. The Hall–Kier alpha value is -2.21. The van der Waals surface area contributed by atoms with E-state index in [1.165, 1.54) is 6.07 Å². The molecule has 1 aromatic carbocycles. The number of nitro benzene ring substituents is 1. The monoisotopic (exact) mass is 260 g/mol. The summed E-state index contributed by atoms with van der Waals surface area (Å²) in [7, 11) is 0. The summed E-state index contributed by atoms with van der Waals surface area (Å²) in [4.78, 5) is 14.5. The van der Waals surface area contributed by atoms with Crippen molar-refractivity contribution in [3.63, 3.8) is 0 Å². The minimum absolute atomic E-state index is 0.120. The molecule has 2 rings (SSSR count). The highest BCUT2D eigenvalue weighted by Crippen LogP contribution is 2.12. The Morgan fingerprint density at radius 1 is 1.42 bits per heavy atom. The third-order valence-corrected chi connectivity index (χ3v) is 2.88. The van der Waals surface area contributed by atoms with Crippen LogP contribution in [0.15, 0.2) is 36.7 Å². The van der Waals surface area contributed by atoms with Gasteiger partial charge < -0.3 is 9.88 Å². The molecule has 100 valence electrons. The zero-order chi connectivity index (χ0) is 13.7. The number of hydrogen-bond donors (Lipinski definition) is 1. The Bertz CT molecular complexity index is 565. The molecule has 0 aliphatic carbocycles. The fraction of sp³-hybridized carbons (Fsp3) is 0.308. The molecule has 6 nitrogen and oxygen atoms in total. The standard InChI is InChI=1S/C13H16N4O2/c1-2-16-7-6-15-13(16)10-14-9-11-4-3-5-12(8-11)17(18)19/h3-8,14H,2,9-10H2,1H3. The van der Waals surface area contributed by atoms with Crippen LogP contribution in [0, 0.1) is 10.1 Å². The van der Waals surface area contributed by atoms with Gasteiger partial charge in [-0.25, -0.2) is 4.98 Å². The molecular weight excluding hydrogens is 244 g/mol. The normalized spacial score (nSPS) is 10.6. The minimum Gasteiger partial charge on any atom is -0.334 e. The summed E-state index contributed by atoms with van der Waals surface area (Å²) in [5.41, 5.74) is 1.01. The highest BCUT2D eigenvalue weighted by atomic mass is 16.6. The first-order valence-electron chi connectivity index (χ1n) is 6.14. The van der Waals surface area contributed by atoms with Gasteiger partial charge in [0.2, 0.25) is 0 Å². The molecule has 0 aliphatic heterocycles. The van der Waals surface area contributed by atoms with E-state index in [0.717, 1.165) is 17.9 Å². The predicted molar refractivity (Wildman–Crippen MR) is 71.5 cm³/mol. The molecule has 6 heteroatoms. The maximum Gasteiger partial charge on any atom is 0.269 e. The van der Waals surface area contributed by atoms with E-state index in [4.69, 9.17) is 0 Å². The van der Waals surface area contributed by atoms with Gasteiger partial charge in [-0.2, -0.15) is 0 Å². The summed E-state index contributed by atoms with van der Waals surface area (Å²) in [5.74, 6) is 0.966. The van der Waals surface area contributed by atoms with Crippen LogP contribution in [0.25, 0.3) is 0 Å². The SMILES string of the molecule is CCn1ccnc1CNCc1cccc([N+](=O)[O-])c1. The topological polar surface area (TPSA) is 73.0 Å². The van der Waals surface area contributed by atoms with Crippen LogP contribution in [0.2, 0.25) is 0 Å². The third kappa shape index (κ3) is 3.38. The molecule has 0 radical (unpaired) electrons. The first-order valence-corrected chi connectivity index (χ1v) is 6.14. The molecule has 0 unspecified atom stereocenters. The van der Waals surface area contributed by atoms with E-state index in [1.54, 1.807) is 18.3 Å². The summed E-state index contributed by atoms with van der Waals surface area (Å²) in [6.45, 7) is 4.17. The van der Waals surface area contributed by atoms with Gasteiger partial charge in [-0.05, 0) is 12.5 Å². The van der Waals surface area contributed by atoms with Crippen molar-refractivity contribution in [2.24, 2.45) is 0 Å². The van der Waals surface area contributed by atoms with Crippen LogP contribution in [0.3, 0.4) is 0 Å². The molecule has 0 bridgehead atoms.